The third-order valence-corrected chi connectivity index (χ3v) is 5.79. The SMILES string of the molecule is Cc1cc(Br)ccc1NC(=O)CN(C)S(=O)(=O)c1cccc(C#N)c1. The molecule has 1 amide bonds. The van der Waals surface area contributed by atoms with Crippen molar-refractivity contribution in [2.45, 2.75) is 11.8 Å². The van der Waals surface area contributed by atoms with Gasteiger partial charge in [0, 0.05) is 17.2 Å². The molecular formula is C17H16BrN3O3S. The normalized spacial score (nSPS) is 11.2. The average Bonchev–Trinajstić information content (AvgIpc) is 2.57. The molecule has 0 aromatic heterocycles. The van der Waals surface area contributed by atoms with Crippen molar-refractivity contribution in [3.05, 3.63) is 58.1 Å². The number of nitrogens with one attached hydrogen (secondary N) is 1. The van der Waals surface area contributed by atoms with Crippen LogP contribution in [0.25, 0.3) is 0 Å². The fourth-order valence-corrected chi connectivity index (χ4v) is 3.80. The van der Waals surface area contributed by atoms with Crippen LogP contribution < -0.4 is 5.32 Å². The lowest BCUT2D eigenvalue weighted by atomic mass is 10.2. The molecule has 0 bridgehead atoms. The number of hydrogen-bond donors (Lipinski definition) is 1. The largest absolute Gasteiger partial charge is 0.325 e. The van der Waals surface area contributed by atoms with Gasteiger partial charge in [-0.1, -0.05) is 22.0 Å². The van der Waals surface area contributed by atoms with Crippen LogP contribution >= 0.6 is 15.9 Å². The maximum absolute atomic E-state index is 12.5. The number of sulfonamides is 1. The highest BCUT2D eigenvalue weighted by Crippen LogP contribution is 2.20. The Kier molecular flexibility index (Phi) is 5.95. The van der Waals surface area contributed by atoms with Crippen LogP contribution in [-0.2, 0) is 14.8 Å². The van der Waals surface area contributed by atoms with Crippen LogP contribution in [0.5, 0.6) is 0 Å². The van der Waals surface area contributed by atoms with E-state index in [0.29, 0.717) is 5.69 Å². The predicted molar refractivity (Wildman–Crippen MR) is 98.5 cm³/mol. The monoisotopic (exact) mass is 421 g/mol. The summed E-state index contributed by atoms with van der Waals surface area (Å²) in [6.45, 7) is 1.50. The van der Waals surface area contributed by atoms with E-state index in [1.54, 1.807) is 12.1 Å². The first-order valence-corrected chi connectivity index (χ1v) is 9.50. The van der Waals surface area contributed by atoms with E-state index < -0.39 is 15.9 Å². The van der Waals surface area contributed by atoms with Gasteiger partial charge in [0.2, 0.25) is 15.9 Å². The molecule has 0 fully saturated rings. The Balaban J connectivity index is 2.13. The molecule has 0 heterocycles. The summed E-state index contributed by atoms with van der Waals surface area (Å²) in [5, 5.41) is 11.6. The number of anilines is 1. The molecule has 1 N–H and O–H groups in total. The van der Waals surface area contributed by atoms with Crippen molar-refractivity contribution < 1.29 is 13.2 Å². The Morgan fingerprint density at radius 3 is 2.64 bits per heavy atom. The standard InChI is InChI=1S/C17H16BrN3O3S/c1-12-8-14(18)6-7-16(12)20-17(22)11-21(2)25(23,24)15-5-3-4-13(9-15)10-19/h3-9H,11H2,1-2H3,(H,20,22). The summed E-state index contributed by atoms with van der Waals surface area (Å²) < 4.78 is 26.9. The number of nitrogens with zero attached hydrogens (tertiary/aromatic N) is 2. The minimum absolute atomic E-state index is 0.0262. The van der Waals surface area contributed by atoms with E-state index in [-0.39, 0.29) is 17.0 Å². The summed E-state index contributed by atoms with van der Waals surface area (Å²) in [5.74, 6) is -0.451. The Morgan fingerprint density at radius 2 is 2.00 bits per heavy atom. The first-order chi connectivity index (χ1) is 11.7. The van der Waals surface area contributed by atoms with Gasteiger partial charge in [-0.15, -0.1) is 0 Å². The molecule has 0 aliphatic carbocycles. The zero-order chi connectivity index (χ0) is 18.6. The van der Waals surface area contributed by atoms with E-state index in [9.17, 15) is 13.2 Å². The van der Waals surface area contributed by atoms with E-state index in [1.807, 2.05) is 19.1 Å². The molecule has 2 aromatic rings. The molecule has 130 valence electrons. The molecule has 8 heteroatoms. The van der Waals surface area contributed by atoms with Crippen molar-refractivity contribution in [3.63, 3.8) is 0 Å². The van der Waals surface area contributed by atoms with Crippen LogP contribution in [0.4, 0.5) is 5.69 Å². The lowest BCUT2D eigenvalue weighted by Gasteiger charge is -2.17. The molecular weight excluding hydrogens is 406 g/mol. The topological polar surface area (TPSA) is 90.3 Å². The number of halogens is 1. The van der Waals surface area contributed by atoms with Crippen LogP contribution in [0.2, 0.25) is 0 Å². The number of carbonyl (C=O) groups is 1. The second-order valence-corrected chi connectivity index (χ2v) is 8.37. The summed E-state index contributed by atoms with van der Waals surface area (Å²) in [6.07, 6.45) is 0. The van der Waals surface area contributed by atoms with Crippen molar-refractivity contribution in [2.75, 3.05) is 18.9 Å². The molecule has 2 rings (SSSR count). The van der Waals surface area contributed by atoms with Crippen molar-refractivity contribution >= 4 is 37.5 Å². The number of rotatable bonds is 5. The van der Waals surface area contributed by atoms with Crippen molar-refractivity contribution in [2.24, 2.45) is 0 Å². The maximum Gasteiger partial charge on any atom is 0.243 e. The quantitative estimate of drug-likeness (QED) is 0.803. The van der Waals surface area contributed by atoms with E-state index in [1.165, 1.54) is 31.3 Å². The van der Waals surface area contributed by atoms with Crippen LogP contribution in [0.1, 0.15) is 11.1 Å². The number of benzene rings is 2. The molecule has 6 nitrogen and oxygen atoms in total. The second kappa shape index (κ2) is 7.78. The summed E-state index contributed by atoms with van der Waals surface area (Å²) in [7, 11) is -2.54. The molecule has 0 atom stereocenters. The summed E-state index contributed by atoms with van der Waals surface area (Å²) in [6, 6.07) is 13.0. The molecule has 0 spiro atoms. The minimum atomic E-state index is -3.86. The summed E-state index contributed by atoms with van der Waals surface area (Å²) in [5.41, 5.74) is 1.71. The zero-order valence-electron chi connectivity index (χ0n) is 13.7. The van der Waals surface area contributed by atoms with Gasteiger partial charge in [-0.2, -0.15) is 9.57 Å². The van der Waals surface area contributed by atoms with E-state index in [2.05, 4.69) is 21.2 Å². The maximum atomic E-state index is 12.5. The fraction of sp³-hybridized carbons (Fsp3) is 0.176. The molecule has 0 radical (unpaired) electrons. The first kappa shape index (κ1) is 19.1. The Morgan fingerprint density at radius 1 is 1.28 bits per heavy atom. The Hall–Kier alpha value is -2.21. The van der Waals surface area contributed by atoms with E-state index >= 15 is 0 Å². The van der Waals surface area contributed by atoms with E-state index in [4.69, 9.17) is 5.26 Å². The van der Waals surface area contributed by atoms with Gasteiger partial charge in [0.25, 0.3) is 0 Å². The second-order valence-electron chi connectivity index (χ2n) is 5.41. The van der Waals surface area contributed by atoms with Gasteiger partial charge in [0.1, 0.15) is 0 Å². The van der Waals surface area contributed by atoms with Crippen LogP contribution in [0.15, 0.2) is 51.8 Å². The minimum Gasteiger partial charge on any atom is -0.325 e. The smallest absolute Gasteiger partial charge is 0.243 e. The summed E-state index contributed by atoms with van der Waals surface area (Å²) >= 11 is 3.34. The van der Waals surface area contributed by atoms with Gasteiger partial charge in [-0.25, -0.2) is 8.42 Å². The predicted octanol–water partition coefficient (Wildman–Crippen LogP) is 2.89. The number of carbonyl (C=O) groups excluding carboxylic acids is 1. The van der Waals surface area contributed by atoms with Crippen molar-refractivity contribution in [1.82, 2.24) is 4.31 Å². The third-order valence-electron chi connectivity index (χ3n) is 3.50. The number of hydrogen-bond acceptors (Lipinski definition) is 4. The highest BCUT2D eigenvalue weighted by atomic mass is 79.9. The number of aryl methyl sites for hydroxylation is 1. The number of amides is 1. The molecule has 0 aliphatic heterocycles. The number of nitriles is 1. The molecule has 25 heavy (non-hydrogen) atoms. The van der Waals surface area contributed by atoms with Gasteiger partial charge in [0.05, 0.1) is 23.1 Å². The lowest BCUT2D eigenvalue weighted by Crippen LogP contribution is -2.35. The Bertz CT molecular complexity index is 952. The highest BCUT2D eigenvalue weighted by molar-refractivity contribution is 9.10. The van der Waals surface area contributed by atoms with E-state index in [0.717, 1.165) is 14.3 Å². The third kappa shape index (κ3) is 4.66. The molecule has 2 aromatic carbocycles. The van der Waals surface area contributed by atoms with Crippen molar-refractivity contribution in [3.8, 4) is 6.07 Å². The Labute approximate surface area is 155 Å². The zero-order valence-corrected chi connectivity index (χ0v) is 16.1. The van der Waals surface area contributed by atoms with Gasteiger partial charge < -0.3 is 5.32 Å². The summed E-state index contributed by atoms with van der Waals surface area (Å²) in [4.78, 5) is 12.2. The molecule has 0 saturated heterocycles. The molecule has 0 aliphatic rings. The highest BCUT2D eigenvalue weighted by Gasteiger charge is 2.23. The van der Waals surface area contributed by atoms with Crippen LogP contribution in [0.3, 0.4) is 0 Å². The van der Waals surface area contributed by atoms with Crippen molar-refractivity contribution in [1.29, 1.82) is 5.26 Å². The van der Waals surface area contributed by atoms with Gasteiger partial charge in [-0.3, -0.25) is 4.79 Å². The van der Waals surface area contributed by atoms with Crippen LogP contribution in [-0.4, -0.2) is 32.2 Å². The molecule has 0 unspecified atom stereocenters. The van der Waals surface area contributed by atoms with Gasteiger partial charge in [-0.05, 0) is 48.9 Å². The fourth-order valence-electron chi connectivity index (χ4n) is 2.15. The van der Waals surface area contributed by atoms with Crippen LogP contribution in [0, 0.1) is 18.3 Å². The first-order valence-electron chi connectivity index (χ1n) is 7.26. The molecule has 0 saturated carbocycles. The number of likely N-dealkylation sites (N-methyl/N-ethyl adjacent to an activating group) is 1. The van der Waals surface area contributed by atoms with Gasteiger partial charge >= 0.3 is 0 Å². The average molecular weight is 422 g/mol. The lowest BCUT2D eigenvalue weighted by molar-refractivity contribution is -0.116. The van der Waals surface area contributed by atoms with Gasteiger partial charge in [0.15, 0.2) is 0 Å².